The van der Waals surface area contributed by atoms with Gasteiger partial charge in [0.25, 0.3) is 0 Å². The maximum absolute atomic E-state index is 4.51. The second kappa shape index (κ2) is 7.40. The van der Waals surface area contributed by atoms with Crippen LogP contribution in [-0.4, -0.2) is 45.9 Å². The van der Waals surface area contributed by atoms with E-state index in [4.69, 9.17) is 0 Å². The van der Waals surface area contributed by atoms with Gasteiger partial charge in [-0.15, -0.1) is 0 Å². The number of hydrogen-bond donors (Lipinski definition) is 2. The van der Waals surface area contributed by atoms with Crippen LogP contribution >= 0.6 is 0 Å². The lowest BCUT2D eigenvalue weighted by atomic mass is 10.2. The number of aromatic nitrogens is 4. The molecule has 0 radical (unpaired) electrons. The third-order valence-electron chi connectivity index (χ3n) is 4.38. The largest absolute Gasteiger partial charge is 0.364 e. The summed E-state index contributed by atoms with van der Waals surface area (Å²) in [5.41, 5.74) is 3.04. The number of fused-ring (bicyclic) bond motifs is 1. The van der Waals surface area contributed by atoms with Crippen molar-refractivity contribution in [2.45, 2.75) is 20.8 Å². The molecule has 2 heterocycles. The van der Waals surface area contributed by atoms with Gasteiger partial charge in [0, 0.05) is 0 Å². The van der Waals surface area contributed by atoms with E-state index in [1.54, 1.807) is 11.2 Å². The lowest BCUT2D eigenvalue weighted by Gasteiger charge is -2.15. The van der Waals surface area contributed by atoms with Crippen molar-refractivity contribution in [3.8, 4) is 5.69 Å². The molecule has 0 atom stereocenters. The molecule has 2 N–H and O–H groups in total. The van der Waals surface area contributed by atoms with Gasteiger partial charge in [-0.3, -0.25) is 0 Å². The average Bonchev–Trinajstić information content (AvgIpc) is 3.03. The molecule has 6 nitrogen and oxygen atoms in total. The molecular weight excluding hydrogens is 300 g/mol. The quantitative estimate of drug-likeness (QED) is 0.690. The van der Waals surface area contributed by atoms with Crippen molar-refractivity contribution in [3.05, 3.63) is 42.4 Å². The molecule has 0 saturated carbocycles. The van der Waals surface area contributed by atoms with Gasteiger partial charge in [0.2, 0.25) is 0 Å². The molecular formula is C18H25N6+. The van der Waals surface area contributed by atoms with Crippen LogP contribution < -0.4 is 10.2 Å². The summed E-state index contributed by atoms with van der Waals surface area (Å²) >= 11 is 0. The molecule has 0 bridgehead atoms. The number of benzene rings is 1. The fourth-order valence-corrected chi connectivity index (χ4v) is 2.89. The molecule has 3 aromatic rings. The van der Waals surface area contributed by atoms with Gasteiger partial charge in [0.15, 0.2) is 5.65 Å². The third-order valence-corrected chi connectivity index (χ3v) is 4.38. The third kappa shape index (κ3) is 3.38. The topological polar surface area (TPSA) is 60.1 Å². The van der Waals surface area contributed by atoms with E-state index >= 15 is 0 Å². The van der Waals surface area contributed by atoms with Crippen molar-refractivity contribution in [1.82, 2.24) is 19.7 Å². The predicted molar refractivity (Wildman–Crippen MR) is 96.8 cm³/mol. The van der Waals surface area contributed by atoms with Crippen molar-refractivity contribution in [2.24, 2.45) is 0 Å². The molecule has 2 aromatic heterocycles. The Morgan fingerprint density at radius 1 is 1.17 bits per heavy atom. The summed E-state index contributed by atoms with van der Waals surface area (Å²) in [5, 5.41) is 8.90. The lowest BCUT2D eigenvalue weighted by molar-refractivity contribution is -0.894. The smallest absolute Gasteiger partial charge is 0.168 e. The van der Waals surface area contributed by atoms with Crippen LogP contribution in [0.15, 0.2) is 36.8 Å². The second-order valence-corrected chi connectivity index (χ2v) is 5.99. The number of nitrogens with one attached hydrogen (secondary N) is 2. The molecule has 0 aliphatic rings. The Bertz CT molecular complexity index is 806. The zero-order valence-electron chi connectivity index (χ0n) is 14.6. The van der Waals surface area contributed by atoms with E-state index in [0.29, 0.717) is 0 Å². The average molecular weight is 325 g/mol. The molecule has 1 aromatic carbocycles. The molecule has 126 valence electrons. The number of likely N-dealkylation sites (N-methyl/N-ethyl adjacent to an activating group) is 1. The number of nitrogens with zero attached hydrogens (tertiary/aromatic N) is 4. The highest BCUT2D eigenvalue weighted by Crippen LogP contribution is 2.21. The maximum atomic E-state index is 4.51. The molecule has 0 amide bonds. The van der Waals surface area contributed by atoms with E-state index in [9.17, 15) is 0 Å². The first-order valence-electron chi connectivity index (χ1n) is 8.56. The van der Waals surface area contributed by atoms with E-state index in [1.807, 2.05) is 23.0 Å². The molecule has 0 spiro atoms. The van der Waals surface area contributed by atoms with Crippen LogP contribution in [0.25, 0.3) is 16.7 Å². The van der Waals surface area contributed by atoms with Gasteiger partial charge >= 0.3 is 0 Å². The van der Waals surface area contributed by atoms with Crippen LogP contribution in [0.3, 0.4) is 0 Å². The van der Waals surface area contributed by atoms with Gasteiger partial charge in [-0.05, 0) is 38.5 Å². The normalized spacial score (nSPS) is 11.3. The summed E-state index contributed by atoms with van der Waals surface area (Å²) in [7, 11) is 0. The molecule has 0 unspecified atom stereocenters. The minimum absolute atomic E-state index is 0.827. The van der Waals surface area contributed by atoms with Gasteiger partial charge in [0.1, 0.15) is 12.1 Å². The highest BCUT2D eigenvalue weighted by molar-refractivity contribution is 5.87. The van der Waals surface area contributed by atoms with Gasteiger partial charge in [-0.2, -0.15) is 5.10 Å². The number of aryl methyl sites for hydroxylation is 1. The summed E-state index contributed by atoms with van der Waals surface area (Å²) in [5.74, 6) is 0.852. The molecule has 6 heteroatoms. The fraction of sp³-hybridized carbons (Fsp3) is 0.389. The van der Waals surface area contributed by atoms with Gasteiger partial charge in [0.05, 0.1) is 43.4 Å². The van der Waals surface area contributed by atoms with Gasteiger partial charge in [-0.25, -0.2) is 14.6 Å². The zero-order chi connectivity index (χ0) is 16.9. The number of quaternary nitrogens is 1. The van der Waals surface area contributed by atoms with Crippen LogP contribution in [0.5, 0.6) is 0 Å². The highest BCUT2D eigenvalue weighted by atomic mass is 15.3. The molecule has 3 rings (SSSR count). The summed E-state index contributed by atoms with van der Waals surface area (Å²) < 4.78 is 1.87. The first kappa shape index (κ1) is 16.4. The minimum Gasteiger partial charge on any atom is -0.364 e. The predicted octanol–water partition coefficient (Wildman–Crippen LogP) is 1.46. The summed E-state index contributed by atoms with van der Waals surface area (Å²) in [6, 6.07) is 8.25. The van der Waals surface area contributed by atoms with Crippen molar-refractivity contribution in [2.75, 3.05) is 31.5 Å². The first-order valence-corrected chi connectivity index (χ1v) is 8.56. The monoisotopic (exact) mass is 325 g/mol. The molecule has 0 aliphatic heterocycles. The number of hydrogen-bond acceptors (Lipinski definition) is 4. The lowest BCUT2D eigenvalue weighted by Crippen LogP contribution is -3.12. The number of anilines is 1. The van der Waals surface area contributed by atoms with Crippen molar-refractivity contribution in [1.29, 1.82) is 0 Å². The molecule has 0 fully saturated rings. The Kier molecular flexibility index (Phi) is 5.05. The maximum Gasteiger partial charge on any atom is 0.168 e. The van der Waals surface area contributed by atoms with Crippen LogP contribution in [-0.2, 0) is 0 Å². The highest BCUT2D eigenvalue weighted by Gasteiger charge is 2.11. The number of rotatable bonds is 7. The van der Waals surface area contributed by atoms with Crippen LogP contribution in [0.2, 0.25) is 0 Å². The van der Waals surface area contributed by atoms with Crippen molar-refractivity contribution < 1.29 is 4.90 Å². The summed E-state index contributed by atoms with van der Waals surface area (Å²) in [6.07, 6.45) is 3.44. The van der Waals surface area contributed by atoms with Crippen LogP contribution in [0.4, 0.5) is 5.82 Å². The second-order valence-electron chi connectivity index (χ2n) is 5.99. The Morgan fingerprint density at radius 2 is 2.00 bits per heavy atom. The summed E-state index contributed by atoms with van der Waals surface area (Å²) in [4.78, 5) is 10.4. The minimum atomic E-state index is 0.827. The van der Waals surface area contributed by atoms with Crippen LogP contribution in [0, 0.1) is 6.92 Å². The Morgan fingerprint density at radius 3 is 2.75 bits per heavy atom. The Hall–Kier alpha value is -2.47. The van der Waals surface area contributed by atoms with E-state index in [-0.39, 0.29) is 0 Å². The Balaban J connectivity index is 1.84. The van der Waals surface area contributed by atoms with E-state index in [0.717, 1.165) is 48.7 Å². The SMILES string of the molecule is CC[NH+](CC)CCNc1ncnc2c1cnn2-c1cccc(C)c1. The van der Waals surface area contributed by atoms with Crippen molar-refractivity contribution in [3.63, 3.8) is 0 Å². The molecule has 0 saturated heterocycles. The molecule has 24 heavy (non-hydrogen) atoms. The van der Waals surface area contributed by atoms with E-state index in [1.165, 1.54) is 5.56 Å². The van der Waals surface area contributed by atoms with Gasteiger partial charge < -0.3 is 10.2 Å². The van der Waals surface area contributed by atoms with Crippen LogP contribution in [0.1, 0.15) is 19.4 Å². The van der Waals surface area contributed by atoms with E-state index < -0.39 is 0 Å². The first-order chi connectivity index (χ1) is 11.7. The van der Waals surface area contributed by atoms with Crippen molar-refractivity contribution >= 4 is 16.9 Å². The van der Waals surface area contributed by atoms with Gasteiger partial charge in [-0.1, -0.05) is 12.1 Å². The fourth-order valence-electron chi connectivity index (χ4n) is 2.89. The summed E-state index contributed by atoms with van der Waals surface area (Å²) in [6.45, 7) is 10.8. The van der Waals surface area contributed by atoms with E-state index in [2.05, 4.69) is 53.3 Å². The zero-order valence-corrected chi connectivity index (χ0v) is 14.6. The standard InChI is InChI=1S/C18H24N6/c1-4-23(5-2)10-9-19-17-16-12-22-24(18(16)21-13-20-17)15-8-6-7-14(3)11-15/h6-8,11-13H,4-5,9-10H2,1-3H3,(H,19,20,21)/p+1. The Labute approximate surface area is 142 Å². The molecule has 0 aliphatic carbocycles.